The second-order valence-electron chi connectivity index (χ2n) is 5.50. The first-order chi connectivity index (χ1) is 10.8. The van der Waals surface area contributed by atoms with Crippen LogP contribution in [0.1, 0.15) is 42.1 Å². The van der Waals surface area contributed by atoms with Crippen LogP contribution in [0.2, 0.25) is 0 Å². The number of nitrogens with zero attached hydrogens (tertiary/aromatic N) is 2. The molecule has 0 aromatic carbocycles. The van der Waals surface area contributed by atoms with Crippen molar-refractivity contribution in [1.29, 1.82) is 0 Å². The molecule has 0 saturated carbocycles. The summed E-state index contributed by atoms with van der Waals surface area (Å²) in [6, 6.07) is 1.98. The van der Waals surface area contributed by atoms with Crippen LogP contribution in [0.3, 0.4) is 0 Å². The molecule has 4 nitrogen and oxygen atoms in total. The Hall–Kier alpha value is -1.27. The molecule has 1 aliphatic heterocycles. The van der Waals surface area contributed by atoms with E-state index >= 15 is 0 Å². The van der Waals surface area contributed by atoms with E-state index in [0.717, 1.165) is 41.4 Å². The summed E-state index contributed by atoms with van der Waals surface area (Å²) in [4.78, 5) is 16.1. The zero-order valence-corrected chi connectivity index (χ0v) is 14.6. The van der Waals surface area contributed by atoms with E-state index in [1.165, 1.54) is 23.3 Å². The second kappa shape index (κ2) is 6.87. The Bertz CT molecular complexity index is 649. The van der Waals surface area contributed by atoms with Gasteiger partial charge >= 0.3 is 0 Å². The number of rotatable bonds is 6. The Balaban J connectivity index is 1.91. The van der Waals surface area contributed by atoms with E-state index in [1.807, 2.05) is 17.2 Å². The maximum atomic E-state index is 12.9. The lowest BCUT2D eigenvalue weighted by molar-refractivity contribution is 0.0734. The summed E-state index contributed by atoms with van der Waals surface area (Å²) in [5, 5.41) is 7.08. The number of nitrogens with one attached hydrogen (secondary N) is 1. The number of thiophene rings is 1. The molecule has 2 aromatic heterocycles. The lowest BCUT2D eigenvalue weighted by Gasteiger charge is -2.28. The topological polar surface area (TPSA) is 49.0 Å². The highest BCUT2D eigenvalue weighted by Gasteiger charge is 2.31. The molecule has 0 spiro atoms. The largest absolute Gasteiger partial charge is 0.338 e. The van der Waals surface area contributed by atoms with Gasteiger partial charge in [-0.3, -0.25) is 9.89 Å². The van der Waals surface area contributed by atoms with Gasteiger partial charge in [-0.1, -0.05) is 19.8 Å². The molecule has 0 aliphatic carbocycles. The van der Waals surface area contributed by atoms with Gasteiger partial charge in [0, 0.05) is 19.3 Å². The van der Waals surface area contributed by atoms with Crippen molar-refractivity contribution in [3.8, 4) is 10.6 Å². The molecule has 3 heterocycles. The summed E-state index contributed by atoms with van der Waals surface area (Å²) in [5.41, 5.74) is 3.16. The van der Waals surface area contributed by atoms with Gasteiger partial charge in [0.25, 0.3) is 5.91 Å². The van der Waals surface area contributed by atoms with Crippen LogP contribution >= 0.6 is 23.1 Å². The molecule has 0 saturated heterocycles. The molecule has 3 rings (SSSR count). The summed E-state index contributed by atoms with van der Waals surface area (Å²) < 4.78 is 1.13. The average molecular weight is 335 g/mol. The molecule has 118 valence electrons. The fourth-order valence-electron chi connectivity index (χ4n) is 2.91. The first-order valence-electron chi connectivity index (χ1n) is 7.75. The number of aromatic amines is 1. The van der Waals surface area contributed by atoms with Gasteiger partial charge in [0.1, 0.15) is 0 Å². The number of aromatic nitrogens is 2. The van der Waals surface area contributed by atoms with Crippen molar-refractivity contribution in [3.05, 3.63) is 23.4 Å². The molecule has 0 atom stereocenters. The summed E-state index contributed by atoms with van der Waals surface area (Å²) in [5.74, 6) is 0.212. The number of carbonyl (C=O) groups is 1. The van der Waals surface area contributed by atoms with Crippen molar-refractivity contribution < 1.29 is 4.79 Å². The molecular weight excluding hydrogens is 314 g/mol. The first-order valence-corrected chi connectivity index (χ1v) is 9.79. The average Bonchev–Trinajstić information content (AvgIpc) is 3.16. The van der Waals surface area contributed by atoms with Crippen LogP contribution in [-0.4, -0.2) is 40.3 Å². The molecule has 0 bridgehead atoms. The van der Waals surface area contributed by atoms with Crippen molar-refractivity contribution in [2.45, 2.75) is 36.8 Å². The predicted octanol–water partition coefficient (Wildman–Crippen LogP) is 4.05. The van der Waals surface area contributed by atoms with Gasteiger partial charge in [-0.2, -0.15) is 5.10 Å². The maximum absolute atomic E-state index is 12.9. The molecule has 1 N–H and O–H groups in total. The Morgan fingerprint density at radius 2 is 2.32 bits per heavy atom. The van der Waals surface area contributed by atoms with Gasteiger partial charge in [0.05, 0.1) is 20.3 Å². The highest BCUT2D eigenvalue weighted by Crippen LogP contribution is 2.42. The lowest BCUT2D eigenvalue weighted by atomic mass is 10.00. The van der Waals surface area contributed by atoms with Gasteiger partial charge in [-0.25, -0.2) is 0 Å². The van der Waals surface area contributed by atoms with Crippen LogP contribution in [0.15, 0.2) is 16.5 Å². The molecule has 1 amide bonds. The number of unbranched alkanes of at least 4 members (excludes halogenated alkanes) is 2. The van der Waals surface area contributed by atoms with Gasteiger partial charge in [0.2, 0.25) is 0 Å². The number of hydrogen-bond donors (Lipinski definition) is 1. The third-order valence-electron chi connectivity index (χ3n) is 4.07. The van der Waals surface area contributed by atoms with Crippen LogP contribution in [-0.2, 0) is 6.42 Å². The van der Waals surface area contributed by atoms with Crippen LogP contribution in [0.4, 0.5) is 0 Å². The van der Waals surface area contributed by atoms with Gasteiger partial charge in [-0.05, 0) is 30.7 Å². The minimum atomic E-state index is 0.212. The second-order valence-corrected chi connectivity index (χ2v) is 7.59. The monoisotopic (exact) mass is 335 g/mol. The van der Waals surface area contributed by atoms with Crippen molar-refractivity contribution in [2.24, 2.45) is 0 Å². The number of thioether (sulfide) groups is 1. The van der Waals surface area contributed by atoms with Crippen LogP contribution in [0, 0.1) is 0 Å². The molecule has 6 heteroatoms. The van der Waals surface area contributed by atoms with E-state index in [9.17, 15) is 4.79 Å². The SMILES string of the molecule is CCCCCN1CCc2c(-c3ccn[nH]3)sc(SC)c2C1=O. The zero-order valence-electron chi connectivity index (χ0n) is 13.0. The van der Waals surface area contributed by atoms with E-state index in [-0.39, 0.29) is 5.91 Å². The Morgan fingerprint density at radius 1 is 1.45 bits per heavy atom. The zero-order chi connectivity index (χ0) is 15.5. The quantitative estimate of drug-likeness (QED) is 0.640. The van der Waals surface area contributed by atoms with Gasteiger partial charge in [0.15, 0.2) is 0 Å². The summed E-state index contributed by atoms with van der Waals surface area (Å²) >= 11 is 3.38. The lowest BCUT2D eigenvalue weighted by Crippen LogP contribution is -2.38. The Kier molecular flexibility index (Phi) is 4.88. The van der Waals surface area contributed by atoms with E-state index < -0.39 is 0 Å². The van der Waals surface area contributed by atoms with Crippen molar-refractivity contribution in [2.75, 3.05) is 19.3 Å². The number of hydrogen-bond acceptors (Lipinski definition) is 4. The molecule has 0 unspecified atom stereocenters. The standard InChI is InChI=1S/C16H21N3OS2/c1-3-4-5-9-19-10-7-11-13(15(19)20)16(21-2)22-14(11)12-6-8-17-18-12/h6,8H,3-5,7,9-10H2,1-2H3,(H,17,18). The molecule has 22 heavy (non-hydrogen) atoms. The number of fused-ring (bicyclic) bond motifs is 1. The molecule has 0 radical (unpaired) electrons. The summed E-state index contributed by atoms with van der Waals surface area (Å²) in [7, 11) is 0. The normalized spacial score (nSPS) is 14.5. The van der Waals surface area contributed by atoms with E-state index in [1.54, 1.807) is 29.3 Å². The Labute approximate surface area is 139 Å². The minimum Gasteiger partial charge on any atom is -0.338 e. The molecular formula is C16H21N3OS2. The van der Waals surface area contributed by atoms with Crippen molar-refractivity contribution >= 4 is 29.0 Å². The molecule has 2 aromatic rings. The maximum Gasteiger partial charge on any atom is 0.256 e. The van der Waals surface area contributed by atoms with Crippen molar-refractivity contribution in [1.82, 2.24) is 15.1 Å². The van der Waals surface area contributed by atoms with Crippen LogP contribution < -0.4 is 0 Å². The smallest absolute Gasteiger partial charge is 0.256 e. The fourth-order valence-corrected chi connectivity index (χ4v) is 4.96. The third-order valence-corrected chi connectivity index (χ3v) is 6.45. The molecule has 0 fully saturated rings. The van der Waals surface area contributed by atoms with Gasteiger partial charge < -0.3 is 4.90 Å². The first kappa shape index (κ1) is 15.6. The number of H-pyrrole nitrogens is 1. The minimum absolute atomic E-state index is 0.212. The van der Waals surface area contributed by atoms with E-state index in [4.69, 9.17) is 0 Å². The highest BCUT2D eigenvalue weighted by molar-refractivity contribution is 8.00. The fraction of sp³-hybridized carbons (Fsp3) is 0.500. The highest BCUT2D eigenvalue weighted by atomic mass is 32.2. The summed E-state index contributed by atoms with van der Waals surface area (Å²) in [6.07, 6.45) is 8.23. The number of amides is 1. The third kappa shape index (κ3) is 2.82. The molecule has 1 aliphatic rings. The van der Waals surface area contributed by atoms with Crippen LogP contribution in [0.5, 0.6) is 0 Å². The van der Waals surface area contributed by atoms with Crippen molar-refractivity contribution in [3.63, 3.8) is 0 Å². The predicted molar refractivity (Wildman–Crippen MR) is 92.8 cm³/mol. The van der Waals surface area contributed by atoms with Crippen LogP contribution in [0.25, 0.3) is 10.6 Å². The number of carbonyl (C=O) groups excluding carboxylic acids is 1. The van der Waals surface area contributed by atoms with Gasteiger partial charge in [-0.15, -0.1) is 23.1 Å². The summed E-state index contributed by atoms with van der Waals surface area (Å²) in [6.45, 7) is 3.91. The van der Waals surface area contributed by atoms with E-state index in [2.05, 4.69) is 17.1 Å². The van der Waals surface area contributed by atoms with E-state index in [0.29, 0.717) is 0 Å². The Morgan fingerprint density at radius 3 is 3.00 bits per heavy atom.